The largest absolute Gasteiger partial charge is 0.488 e. The van der Waals surface area contributed by atoms with Gasteiger partial charge in [-0.2, -0.15) is 5.10 Å². The van der Waals surface area contributed by atoms with Crippen molar-refractivity contribution in [3.8, 4) is 16.9 Å². The minimum absolute atomic E-state index is 0.102. The smallest absolute Gasteiger partial charge is 0.254 e. The fourth-order valence-corrected chi connectivity index (χ4v) is 4.36. The zero-order valence-electron chi connectivity index (χ0n) is 21.0. The molecule has 0 spiro atoms. The third kappa shape index (κ3) is 5.78. The lowest BCUT2D eigenvalue weighted by atomic mass is 9.94. The highest BCUT2D eigenvalue weighted by Gasteiger charge is 2.26. The van der Waals surface area contributed by atoms with Gasteiger partial charge in [0.25, 0.3) is 5.91 Å². The van der Waals surface area contributed by atoms with Crippen molar-refractivity contribution in [2.75, 3.05) is 26.3 Å². The highest BCUT2D eigenvalue weighted by molar-refractivity contribution is 6.06. The molecule has 0 bridgehead atoms. The molecule has 8 nitrogen and oxygen atoms in total. The molecule has 1 amide bonds. The summed E-state index contributed by atoms with van der Waals surface area (Å²) in [4.78, 5) is 33.1. The molecule has 1 fully saturated rings. The van der Waals surface area contributed by atoms with Gasteiger partial charge in [0, 0.05) is 50.7 Å². The number of Topliss-reactive ketones (excluding diaryl/α,β-unsaturated/α-hetero) is 1. The molecular formula is C29H27FN4O4. The van der Waals surface area contributed by atoms with E-state index in [1.54, 1.807) is 71.7 Å². The van der Waals surface area contributed by atoms with Crippen LogP contribution < -0.4 is 4.74 Å². The normalized spacial score (nSPS) is 13.4. The Bertz CT molecular complexity index is 1430. The van der Waals surface area contributed by atoms with Crippen molar-refractivity contribution >= 4 is 11.7 Å². The van der Waals surface area contributed by atoms with Crippen LogP contribution in [0.2, 0.25) is 0 Å². The molecule has 0 N–H and O–H groups in total. The van der Waals surface area contributed by atoms with Gasteiger partial charge in [-0.25, -0.2) is 4.39 Å². The Morgan fingerprint density at radius 2 is 1.82 bits per heavy atom. The van der Waals surface area contributed by atoms with Crippen molar-refractivity contribution in [3.63, 3.8) is 0 Å². The molecule has 2 aromatic carbocycles. The quantitative estimate of drug-likeness (QED) is 0.329. The van der Waals surface area contributed by atoms with E-state index in [-0.39, 0.29) is 36.3 Å². The summed E-state index contributed by atoms with van der Waals surface area (Å²) in [5.41, 5.74) is 3.55. The van der Waals surface area contributed by atoms with E-state index in [1.165, 1.54) is 12.1 Å². The predicted molar refractivity (Wildman–Crippen MR) is 138 cm³/mol. The second-order valence-electron chi connectivity index (χ2n) is 9.08. The van der Waals surface area contributed by atoms with Gasteiger partial charge in [-0.1, -0.05) is 18.2 Å². The molecule has 4 aromatic rings. The van der Waals surface area contributed by atoms with E-state index in [0.29, 0.717) is 48.6 Å². The molecule has 5 rings (SSSR count). The van der Waals surface area contributed by atoms with Crippen LogP contribution in [0.1, 0.15) is 31.8 Å². The van der Waals surface area contributed by atoms with Crippen LogP contribution in [-0.4, -0.2) is 57.7 Å². The Hall–Kier alpha value is -4.37. The average Bonchev–Trinajstić information content (AvgIpc) is 3.39. The number of benzene rings is 2. The van der Waals surface area contributed by atoms with Crippen molar-refractivity contribution in [2.24, 2.45) is 7.05 Å². The lowest BCUT2D eigenvalue weighted by Gasteiger charge is -2.28. The minimum atomic E-state index is -0.347. The highest BCUT2D eigenvalue weighted by atomic mass is 19.1. The fraction of sp³-hybridized carbons (Fsp3) is 0.241. The van der Waals surface area contributed by atoms with Crippen molar-refractivity contribution < 1.29 is 23.5 Å². The van der Waals surface area contributed by atoms with Crippen molar-refractivity contribution in [3.05, 3.63) is 101 Å². The number of amides is 1. The van der Waals surface area contributed by atoms with Gasteiger partial charge in [-0.15, -0.1) is 0 Å². The number of rotatable bonds is 8. The molecule has 3 heterocycles. The Morgan fingerprint density at radius 3 is 2.50 bits per heavy atom. The van der Waals surface area contributed by atoms with Gasteiger partial charge >= 0.3 is 0 Å². The van der Waals surface area contributed by atoms with Crippen LogP contribution in [0.3, 0.4) is 0 Å². The molecule has 0 unspecified atom stereocenters. The SMILES string of the molecule is Cn1cc(-c2cc(C(=O)Cc3cccnc3)c(OCc3ccc(F)cc3)cc2C(=O)N2CCOCC2)cn1. The number of aryl methyl sites for hydroxylation is 1. The number of nitrogens with zero attached hydrogens (tertiary/aromatic N) is 4. The maximum atomic E-state index is 13.7. The van der Waals surface area contributed by atoms with Gasteiger partial charge in [0.1, 0.15) is 18.2 Å². The molecule has 9 heteroatoms. The van der Waals surface area contributed by atoms with Crippen LogP contribution in [0.15, 0.2) is 73.3 Å². The van der Waals surface area contributed by atoms with E-state index >= 15 is 0 Å². The maximum Gasteiger partial charge on any atom is 0.254 e. The van der Waals surface area contributed by atoms with Crippen molar-refractivity contribution in [1.82, 2.24) is 19.7 Å². The lowest BCUT2D eigenvalue weighted by molar-refractivity contribution is 0.0303. The van der Waals surface area contributed by atoms with Crippen LogP contribution in [-0.2, 0) is 24.8 Å². The van der Waals surface area contributed by atoms with Gasteiger partial charge in [0.15, 0.2) is 5.78 Å². The summed E-state index contributed by atoms with van der Waals surface area (Å²) in [5, 5.41) is 4.27. The Balaban J connectivity index is 1.58. The number of ketones is 1. The second-order valence-corrected chi connectivity index (χ2v) is 9.08. The molecule has 0 atom stereocenters. The summed E-state index contributed by atoms with van der Waals surface area (Å²) in [7, 11) is 1.79. The van der Waals surface area contributed by atoms with Gasteiger partial charge in [-0.05, 0) is 47.0 Å². The predicted octanol–water partition coefficient (Wildman–Crippen LogP) is 4.10. The number of aromatic nitrogens is 3. The number of pyridine rings is 1. The molecule has 0 aliphatic carbocycles. The second kappa shape index (κ2) is 11.4. The van der Waals surface area contributed by atoms with Crippen molar-refractivity contribution in [1.29, 1.82) is 0 Å². The van der Waals surface area contributed by atoms with Gasteiger partial charge in [-0.3, -0.25) is 19.3 Å². The van der Waals surface area contributed by atoms with Gasteiger partial charge in [0.05, 0.1) is 30.5 Å². The monoisotopic (exact) mass is 514 g/mol. The number of halogens is 1. The molecule has 1 aliphatic heterocycles. The Kier molecular flexibility index (Phi) is 7.55. The number of carbonyl (C=O) groups is 2. The summed E-state index contributed by atoms with van der Waals surface area (Å²) in [5.74, 6) is -0.416. The first-order valence-corrected chi connectivity index (χ1v) is 12.3. The number of hydrogen-bond acceptors (Lipinski definition) is 6. The standard InChI is InChI=1S/C29H27FN4O4/c1-33-18-22(17-32-33)24-14-26(27(35)13-21-3-2-8-31-16-21)28(38-19-20-4-6-23(30)7-5-20)15-25(24)29(36)34-9-11-37-12-10-34/h2-8,14-18H,9-13,19H2,1H3. The van der Waals surface area contributed by atoms with E-state index in [2.05, 4.69) is 10.1 Å². The van der Waals surface area contributed by atoms with Crippen LogP contribution in [0.25, 0.3) is 11.1 Å². The first kappa shape index (κ1) is 25.3. The van der Waals surface area contributed by atoms with E-state index in [1.807, 2.05) is 6.07 Å². The Morgan fingerprint density at radius 1 is 1.03 bits per heavy atom. The van der Waals surface area contributed by atoms with Gasteiger partial charge < -0.3 is 14.4 Å². The van der Waals surface area contributed by atoms with Gasteiger partial charge in [0.2, 0.25) is 0 Å². The minimum Gasteiger partial charge on any atom is -0.488 e. The average molecular weight is 515 g/mol. The topological polar surface area (TPSA) is 86.6 Å². The molecule has 1 aliphatic rings. The summed E-state index contributed by atoms with van der Waals surface area (Å²) >= 11 is 0. The Labute approximate surface area is 219 Å². The molecule has 2 aromatic heterocycles. The van der Waals surface area contributed by atoms with Crippen LogP contribution in [0, 0.1) is 5.82 Å². The number of ether oxygens (including phenoxy) is 2. The summed E-state index contributed by atoms with van der Waals surface area (Å²) < 4.78 is 26.6. The number of morpholine rings is 1. The molecule has 0 radical (unpaired) electrons. The third-order valence-corrected chi connectivity index (χ3v) is 6.36. The number of hydrogen-bond donors (Lipinski definition) is 0. The zero-order chi connectivity index (χ0) is 26.5. The van der Waals surface area contributed by atoms with Crippen LogP contribution >= 0.6 is 0 Å². The number of carbonyl (C=O) groups excluding carboxylic acids is 2. The maximum absolute atomic E-state index is 13.7. The van der Waals surface area contributed by atoms with E-state index in [9.17, 15) is 14.0 Å². The van der Waals surface area contributed by atoms with E-state index in [4.69, 9.17) is 9.47 Å². The van der Waals surface area contributed by atoms with Crippen LogP contribution in [0.4, 0.5) is 4.39 Å². The summed E-state index contributed by atoms with van der Waals surface area (Å²) in [6.07, 6.45) is 6.89. The lowest BCUT2D eigenvalue weighted by Crippen LogP contribution is -2.40. The third-order valence-electron chi connectivity index (χ3n) is 6.36. The highest BCUT2D eigenvalue weighted by Crippen LogP contribution is 2.33. The van der Waals surface area contributed by atoms with E-state index in [0.717, 1.165) is 11.1 Å². The molecule has 38 heavy (non-hydrogen) atoms. The molecule has 194 valence electrons. The van der Waals surface area contributed by atoms with Crippen molar-refractivity contribution in [2.45, 2.75) is 13.0 Å². The van der Waals surface area contributed by atoms with Crippen LogP contribution in [0.5, 0.6) is 5.75 Å². The summed E-state index contributed by atoms with van der Waals surface area (Å²) in [6.45, 7) is 1.97. The van der Waals surface area contributed by atoms with E-state index < -0.39 is 0 Å². The first-order chi connectivity index (χ1) is 18.5. The first-order valence-electron chi connectivity index (χ1n) is 12.3. The zero-order valence-corrected chi connectivity index (χ0v) is 21.0. The molecular weight excluding hydrogens is 487 g/mol. The molecule has 1 saturated heterocycles. The molecule has 0 saturated carbocycles. The summed E-state index contributed by atoms with van der Waals surface area (Å²) in [6, 6.07) is 12.9. The fourth-order valence-electron chi connectivity index (χ4n) is 4.36.